The van der Waals surface area contributed by atoms with E-state index in [1.54, 1.807) is 16.8 Å². The summed E-state index contributed by atoms with van der Waals surface area (Å²) in [7, 11) is 0. The van der Waals surface area contributed by atoms with Crippen LogP contribution in [0.25, 0.3) is 5.69 Å². The number of rotatable bonds is 4. The van der Waals surface area contributed by atoms with E-state index in [0.717, 1.165) is 25.5 Å². The fourth-order valence-electron chi connectivity index (χ4n) is 2.99. The third kappa shape index (κ3) is 2.97. The molecule has 4 nitrogen and oxygen atoms in total. The first kappa shape index (κ1) is 14.2. The van der Waals surface area contributed by atoms with E-state index in [1.807, 2.05) is 13.0 Å². The Balaban J connectivity index is 1.90. The Hall–Kier alpha value is -1.75. The van der Waals surface area contributed by atoms with Crippen molar-refractivity contribution >= 4 is 0 Å². The minimum absolute atomic E-state index is 0.226. The van der Waals surface area contributed by atoms with Gasteiger partial charge in [-0.1, -0.05) is 19.1 Å². The van der Waals surface area contributed by atoms with Crippen LogP contribution in [-0.2, 0) is 0 Å². The topological polar surface area (TPSA) is 34.0 Å². The highest BCUT2D eigenvalue weighted by atomic mass is 19.1. The Morgan fingerprint density at radius 2 is 1.95 bits per heavy atom. The second-order valence-corrected chi connectivity index (χ2v) is 5.79. The number of nitrogens with zero attached hydrogens (tertiary/aromatic N) is 4. The molecule has 1 saturated heterocycles. The second-order valence-electron chi connectivity index (χ2n) is 5.79. The molecule has 0 amide bonds. The summed E-state index contributed by atoms with van der Waals surface area (Å²) < 4.78 is 15.7. The van der Waals surface area contributed by atoms with Crippen LogP contribution < -0.4 is 0 Å². The highest BCUT2D eigenvalue weighted by Gasteiger charge is 2.22. The molecular formula is C16H21FN4. The highest BCUT2D eigenvalue weighted by molar-refractivity contribution is 5.33. The van der Waals surface area contributed by atoms with Crippen molar-refractivity contribution in [3.8, 4) is 5.69 Å². The number of aryl methyl sites for hydroxylation is 1. The first-order chi connectivity index (χ1) is 10.1. The second kappa shape index (κ2) is 5.93. The molecule has 2 aromatic rings. The average molecular weight is 288 g/mol. The zero-order valence-electron chi connectivity index (χ0n) is 12.6. The van der Waals surface area contributed by atoms with E-state index in [-0.39, 0.29) is 11.7 Å². The summed E-state index contributed by atoms with van der Waals surface area (Å²) in [5.41, 5.74) is 0.473. The Bertz CT molecular complexity index is 616. The molecule has 3 rings (SSSR count). The largest absolute Gasteiger partial charge is 0.303 e. The molecule has 21 heavy (non-hydrogen) atoms. The molecule has 0 saturated carbocycles. The van der Waals surface area contributed by atoms with Crippen molar-refractivity contribution in [2.45, 2.75) is 32.6 Å². The molecule has 1 atom stereocenters. The number of hydrogen-bond donors (Lipinski definition) is 0. The number of hydrogen-bond acceptors (Lipinski definition) is 3. The van der Waals surface area contributed by atoms with Gasteiger partial charge in [0, 0.05) is 12.5 Å². The lowest BCUT2D eigenvalue weighted by molar-refractivity contribution is 0.315. The molecule has 112 valence electrons. The van der Waals surface area contributed by atoms with Crippen molar-refractivity contribution in [2.75, 3.05) is 19.6 Å². The minimum atomic E-state index is -0.267. The van der Waals surface area contributed by atoms with Crippen molar-refractivity contribution in [1.82, 2.24) is 19.7 Å². The number of benzene rings is 1. The van der Waals surface area contributed by atoms with Gasteiger partial charge < -0.3 is 4.90 Å². The molecule has 1 aromatic carbocycles. The Labute approximate surface area is 124 Å². The molecule has 1 aliphatic rings. The average Bonchev–Trinajstić information content (AvgIpc) is 3.09. The zero-order valence-corrected chi connectivity index (χ0v) is 12.6. The maximum absolute atomic E-state index is 14.0. The van der Waals surface area contributed by atoms with E-state index in [0.29, 0.717) is 11.5 Å². The number of likely N-dealkylation sites (tertiary alicyclic amines) is 1. The lowest BCUT2D eigenvalue weighted by Crippen LogP contribution is -2.26. The van der Waals surface area contributed by atoms with Crippen LogP contribution in [0.15, 0.2) is 24.3 Å². The van der Waals surface area contributed by atoms with Gasteiger partial charge in [0.1, 0.15) is 23.2 Å². The summed E-state index contributed by atoms with van der Waals surface area (Å²) in [4.78, 5) is 6.97. The summed E-state index contributed by atoms with van der Waals surface area (Å²) in [6.07, 6.45) is 2.54. The molecule has 0 aliphatic carbocycles. The van der Waals surface area contributed by atoms with E-state index < -0.39 is 0 Å². The molecule has 2 heterocycles. The zero-order chi connectivity index (χ0) is 14.8. The Kier molecular flexibility index (Phi) is 4.01. The normalized spacial score (nSPS) is 17.3. The van der Waals surface area contributed by atoms with E-state index >= 15 is 0 Å². The van der Waals surface area contributed by atoms with E-state index in [2.05, 4.69) is 21.9 Å². The van der Waals surface area contributed by atoms with Crippen LogP contribution in [-0.4, -0.2) is 39.3 Å². The number of halogens is 1. The fourth-order valence-corrected chi connectivity index (χ4v) is 2.99. The Morgan fingerprint density at radius 3 is 2.67 bits per heavy atom. The molecule has 0 radical (unpaired) electrons. The number of aromatic nitrogens is 3. The van der Waals surface area contributed by atoms with Crippen LogP contribution >= 0.6 is 0 Å². The first-order valence-corrected chi connectivity index (χ1v) is 7.56. The van der Waals surface area contributed by atoms with Crippen LogP contribution in [0.1, 0.15) is 37.3 Å². The lowest BCUT2D eigenvalue weighted by atomic mass is 10.1. The molecule has 0 spiro atoms. The molecule has 1 unspecified atom stereocenters. The summed E-state index contributed by atoms with van der Waals surface area (Å²) in [5.74, 6) is 1.48. The van der Waals surface area contributed by atoms with Gasteiger partial charge in [-0.05, 0) is 45.0 Å². The van der Waals surface area contributed by atoms with Gasteiger partial charge in [0.15, 0.2) is 0 Å². The molecule has 1 aromatic heterocycles. The van der Waals surface area contributed by atoms with Gasteiger partial charge in [-0.25, -0.2) is 14.1 Å². The van der Waals surface area contributed by atoms with Crippen molar-refractivity contribution in [2.24, 2.45) is 0 Å². The third-order valence-corrected chi connectivity index (χ3v) is 3.99. The quantitative estimate of drug-likeness (QED) is 0.867. The molecule has 1 aliphatic heterocycles. The van der Waals surface area contributed by atoms with Crippen LogP contribution in [0.2, 0.25) is 0 Å². The minimum Gasteiger partial charge on any atom is -0.303 e. The predicted molar refractivity (Wildman–Crippen MR) is 80.1 cm³/mol. The van der Waals surface area contributed by atoms with Crippen molar-refractivity contribution in [3.63, 3.8) is 0 Å². The SMILES string of the molecule is Cc1nc(C(C)CN2CCCC2)n(-c2ccccc2F)n1. The molecular weight excluding hydrogens is 267 g/mol. The van der Waals surface area contributed by atoms with Crippen LogP contribution in [0.3, 0.4) is 0 Å². The van der Waals surface area contributed by atoms with E-state index in [4.69, 9.17) is 0 Å². The van der Waals surface area contributed by atoms with Crippen LogP contribution in [0, 0.1) is 12.7 Å². The maximum atomic E-state index is 14.0. The summed E-state index contributed by atoms with van der Waals surface area (Å²) >= 11 is 0. The van der Waals surface area contributed by atoms with Gasteiger partial charge in [0.2, 0.25) is 0 Å². The van der Waals surface area contributed by atoms with Crippen molar-refractivity contribution < 1.29 is 4.39 Å². The standard InChI is InChI=1S/C16H21FN4/c1-12(11-20-9-5-6-10-20)16-18-13(2)19-21(16)15-8-4-3-7-14(15)17/h3-4,7-8,12H,5-6,9-11H2,1-2H3. The van der Waals surface area contributed by atoms with Gasteiger partial charge in [-0.2, -0.15) is 5.10 Å². The fraction of sp³-hybridized carbons (Fsp3) is 0.500. The smallest absolute Gasteiger partial charge is 0.148 e. The first-order valence-electron chi connectivity index (χ1n) is 7.56. The molecule has 0 N–H and O–H groups in total. The van der Waals surface area contributed by atoms with Crippen LogP contribution in [0.5, 0.6) is 0 Å². The highest BCUT2D eigenvalue weighted by Crippen LogP contribution is 2.22. The Morgan fingerprint density at radius 1 is 1.24 bits per heavy atom. The van der Waals surface area contributed by atoms with Gasteiger partial charge in [-0.3, -0.25) is 0 Å². The van der Waals surface area contributed by atoms with Crippen LogP contribution in [0.4, 0.5) is 4.39 Å². The molecule has 1 fully saturated rings. The summed E-state index contributed by atoms with van der Waals surface area (Å²) in [6.45, 7) is 7.24. The number of para-hydroxylation sites is 1. The predicted octanol–water partition coefficient (Wildman–Crippen LogP) is 2.91. The van der Waals surface area contributed by atoms with Crippen molar-refractivity contribution in [1.29, 1.82) is 0 Å². The van der Waals surface area contributed by atoms with Gasteiger partial charge in [0.25, 0.3) is 0 Å². The van der Waals surface area contributed by atoms with Gasteiger partial charge >= 0.3 is 0 Å². The lowest BCUT2D eigenvalue weighted by Gasteiger charge is -2.20. The molecule has 5 heteroatoms. The summed E-state index contributed by atoms with van der Waals surface area (Å²) in [5, 5.41) is 4.38. The van der Waals surface area contributed by atoms with Gasteiger partial charge in [-0.15, -0.1) is 0 Å². The van der Waals surface area contributed by atoms with E-state index in [1.165, 1.54) is 18.9 Å². The molecule has 0 bridgehead atoms. The third-order valence-electron chi connectivity index (χ3n) is 3.99. The van der Waals surface area contributed by atoms with Gasteiger partial charge in [0.05, 0.1) is 0 Å². The monoisotopic (exact) mass is 288 g/mol. The van der Waals surface area contributed by atoms with Crippen molar-refractivity contribution in [3.05, 3.63) is 41.7 Å². The summed E-state index contributed by atoms with van der Waals surface area (Å²) in [6, 6.07) is 6.72. The maximum Gasteiger partial charge on any atom is 0.148 e. The van der Waals surface area contributed by atoms with E-state index in [9.17, 15) is 4.39 Å².